The zero-order valence-electron chi connectivity index (χ0n) is 11.7. The van der Waals surface area contributed by atoms with Crippen LogP contribution in [0.3, 0.4) is 0 Å². The third kappa shape index (κ3) is 3.13. The van der Waals surface area contributed by atoms with Gasteiger partial charge >= 0.3 is 0 Å². The van der Waals surface area contributed by atoms with Crippen molar-refractivity contribution in [1.82, 2.24) is 10.2 Å². The Labute approximate surface area is 121 Å². The first-order valence-corrected chi connectivity index (χ1v) is 7.78. The molecule has 0 amide bonds. The summed E-state index contributed by atoms with van der Waals surface area (Å²) < 4.78 is 0. The van der Waals surface area contributed by atoms with Crippen LogP contribution in [0.4, 0.5) is 0 Å². The zero-order valence-corrected chi connectivity index (χ0v) is 12.4. The Balaban J connectivity index is 1.65. The third-order valence-corrected chi connectivity index (χ3v) is 4.88. The molecular formula is C16H23ClN2. The van der Waals surface area contributed by atoms with Crippen LogP contribution in [0.5, 0.6) is 0 Å². The Kier molecular flexibility index (Phi) is 4.11. The Morgan fingerprint density at radius 2 is 2.00 bits per heavy atom. The number of hydrogen-bond acceptors (Lipinski definition) is 2. The van der Waals surface area contributed by atoms with Gasteiger partial charge in [-0.2, -0.15) is 0 Å². The van der Waals surface area contributed by atoms with E-state index in [9.17, 15) is 0 Å². The molecule has 3 rings (SSSR count). The largest absolute Gasteiger partial charge is 0.317 e. The minimum atomic E-state index is 0.644. The summed E-state index contributed by atoms with van der Waals surface area (Å²) in [7, 11) is 2.16. The molecule has 1 aromatic rings. The number of likely N-dealkylation sites (tertiary alicyclic amines) is 1. The molecule has 0 radical (unpaired) electrons. The first kappa shape index (κ1) is 13.4. The van der Waals surface area contributed by atoms with Gasteiger partial charge in [0.05, 0.1) is 0 Å². The summed E-state index contributed by atoms with van der Waals surface area (Å²) in [5, 5.41) is 4.40. The highest BCUT2D eigenvalue weighted by Crippen LogP contribution is 2.32. The van der Waals surface area contributed by atoms with Crippen molar-refractivity contribution < 1.29 is 0 Å². The van der Waals surface area contributed by atoms with Gasteiger partial charge in [-0.1, -0.05) is 23.7 Å². The van der Waals surface area contributed by atoms with Crippen molar-refractivity contribution in [2.24, 2.45) is 5.92 Å². The summed E-state index contributed by atoms with van der Waals surface area (Å²) in [5.41, 5.74) is 2.75. The molecule has 0 spiro atoms. The molecule has 1 N–H and O–H groups in total. The maximum atomic E-state index is 6.47. The van der Waals surface area contributed by atoms with Crippen LogP contribution in [-0.4, -0.2) is 38.1 Å². The predicted molar refractivity (Wildman–Crippen MR) is 81.0 cm³/mol. The first-order valence-electron chi connectivity index (χ1n) is 7.40. The summed E-state index contributed by atoms with van der Waals surface area (Å²) in [4.78, 5) is 2.34. The topological polar surface area (TPSA) is 15.3 Å². The van der Waals surface area contributed by atoms with Gasteiger partial charge < -0.3 is 10.2 Å². The molecule has 2 heterocycles. The van der Waals surface area contributed by atoms with Crippen molar-refractivity contribution >= 4 is 11.6 Å². The second kappa shape index (κ2) is 5.82. The maximum Gasteiger partial charge on any atom is 0.0444 e. The van der Waals surface area contributed by atoms with Crippen LogP contribution in [0.2, 0.25) is 5.02 Å². The lowest BCUT2D eigenvalue weighted by Gasteiger charge is -2.37. The number of rotatable bonds is 3. The van der Waals surface area contributed by atoms with E-state index < -0.39 is 0 Å². The first-order chi connectivity index (χ1) is 9.22. The molecular weight excluding hydrogens is 256 g/mol. The summed E-state index contributed by atoms with van der Waals surface area (Å²) >= 11 is 6.47. The van der Waals surface area contributed by atoms with Gasteiger partial charge in [0.15, 0.2) is 0 Å². The fourth-order valence-corrected chi connectivity index (χ4v) is 3.70. The quantitative estimate of drug-likeness (QED) is 0.915. The van der Waals surface area contributed by atoms with E-state index in [-0.39, 0.29) is 0 Å². The van der Waals surface area contributed by atoms with E-state index in [0.717, 1.165) is 24.0 Å². The van der Waals surface area contributed by atoms with Crippen molar-refractivity contribution in [3.8, 4) is 0 Å². The minimum Gasteiger partial charge on any atom is -0.317 e. The molecule has 2 nitrogen and oxygen atoms in total. The van der Waals surface area contributed by atoms with Crippen molar-refractivity contribution in [3.05, 3.63) is 34.3 Å². The summed E-state index contributed by atoms with van der Waals surface area (Å²) in [6.45, 7) is 4.64. The van der Waals surface area contributed by atoms with E-state index in [1.807, 2.05) is 0 Å². The molecule has 0 atom stereocenters. The van der Waals surface area contributed by atoms with Gasteiger partial charge in [-0.15, -0.1) is 0 Å². The van der Waals surface area contributed by atoms with E-state index in [4.69, 9.17) is 11.6 Å². The Bertz CT molecular complexity index is 434. The van der Waals surface area contributed by atoms with Crippen LogP contribution in [0, 0.1) is 5.92 Å². The van der Waals surface area contributed by atoms with Crippen LogP contribution in [-0.2, 0) is 6.42 Å². The predicted octanol–water partition coefficient (Wildman–Crippen LogP) is 2.91. The number of hydrogen-bond donors (Lipinski definition) is 1. The zero-order chi connectivity index (χ0) is 13.2. The molecule has 0 bridgehead atoms. The lowest BCUT2D eigenvalue weighted by atomic mass is 9.88. The third-order valence-electron chi connectivity index (χ3n) is 4.55. The second-order valence-corrected chi connectivity index (χ2v) is 6.58. The molecule has 0 unspecified atom stereocenters. The van der Waals surface area contributed by atoms with Gasteiger partial charge in [0.25, 0.3) is 0 Å². The molecule has 1 aromatic carbocycles. The van der Waals surface area contributed by atoms with Crippen molar-refractivity contribution in [2.45, 2.75) is 25.2 Å². The number of benzene rings is 1. The second-order valence-electron chi connectivity index (χ2n) is 6.17. The highest BCUT2D eigenvalue weighted by molar-refractivity contribution is 6.31. The number of nitrogens with zero attached hydrogens (tertiary/aromatic N) is 1. The van der Waals surface area contributed by atoms with E-state index in [1.54, 1.807) is 0 Å². The van der Waals surface area contributed by atoms with Crippen molar-refractivity contribution in [2.75, 3.05) is 33.2 Å². The van der Waals surface area contributed by atoms with Gasteiger partial charge in [-0.05, 0) is 62.5 Å². The molecule has 2 aliphatic rings. The highest BCUT2D eigenvalue weighted by Gasteiger charge is 2.26. The molecule has 2 saturated heterocycles. The van der Waals surface area contributed by atoms with E-state index >= 15 is 0 Å². The molecule has 104 valence electrons. The lowest BCUT2D eigenvalue weighted by Crippen LogP contribution is -2.41. The van der Waals surface area contributed by atoms with Crippen LogP contribution in [0.15, 0.2) is 18.2 Å². The normalized spacial score (nSPS) is 22.4. The summed E-state index contributed by atoms with van der Waals surface area (Å²) in [5.74, 6) is 1.48. The van der Waals surface area contributed by atoms with Gasteiger partial charge in [-0.3, -0.25) is 0 Å². The number of nitrogens with one attached hydrogen (secondary N) is 1. The lowest BCUT2D eigenvalue weighted by molar-refractivity contribution is 0.190. The Morgan fingerprint density at radius 1 is 1.26 bits per heavy atom. The summed E-state index contributed by atoms with van der Waals surface area (Å²) in [6, 6.07) is 6.76. The molecule has 2 fully saturated rings. The number of piperidine rings is 1. The number of halogens is 1. The SMILES string of the molecule is CN1CC(c2ccc(CC3CCNCC3)cc2Cl)C1. The van der Waals surface area contributed by atoms with Crippen molar-refractivity contribution in [3.63, 3.8) is 0 Å². The van der Waals surface area contributed by atoms with Crippen LogP contribution in [0.1, 0.15) is 29.9 Å². The number of likely N-dealkylation sites (N-methyl/N-ethyl adjacent to an activating group) is 1. The molecule has 3 heteroatoms. The standard InChI is InChI=1S/C16H23ClN2/c1-19-10-14(11-19)15-3-2-13(9-16(15)17)8-12-4-6-18-7-5-12/h2-3,9,12,14,18H,4-8,10-11H2,1H3. The van der Waals surface area contributed by atoms with E-state index in [1.165, 1.54) is 43.5 Å². The molecule has 0 aromatic heterocycles. The van der Waals surface area contributed by atoms with Crippen LogP contribution >= 0.6 is 11.6 Å². The Hall–Kier alpha value is -0.570. The average molecular weight is 279 g/mol. The minimum absolute atomic E-state index is 0.644. The summed E-state index contributed by atoms with van der Waals surface area (Å²) in [6.07, 6.45) is 3.78. The van der Waals surface area contributed by atoms with Gasteiger partial charge in [0.1, 0.15) is 0 Å². The average Bonchev–Trinajstić information content (AvgIpc) is 2.37. The van der Waals surface area contributed by atoms with Gasteiger partial charge in [-0.25, -0.2) is 0 Å². The van der Waals surface area contributed by atoms with Gasteiger partial charge in [0, 0.05) is 24.0 Å². The highest BCUT2D eigenvalue weighted by atomic mass is 35.5. The molecule has 2 aliphatic heterocycles. The van der Waals surface area contributed by atoms with Crippen LogP contribution in [0.25, 0.3) is 0 Å². The monoisotopic (exact) mass is 278 g/mol. The van der Waals surface area contributed by atoms with Crippen LogP contribution < -0.4 is 5.32 Å². The fraction of sp³-hybridized carbons (Fsp3) is 0.625. The molecule has 0 aliphatic carbocycles. The maximum absolute atomic E-state index is 6.47. The van der Waals surface area contributed by atoms with E-state index in [2.05, 4.69) is 35.5 Å². The fourth-order valence-electron chi connectivity index (χ4n) is 3.34. The van der Waals surface area contributed by atoms with Crippen molar-refractivity contribution in [1.29, 1.82) is 0 Å². The molecule has 0 saturated carbocycles. The smallest absolute Gasteiger partial charge is 0.0444 e. The molecule has 19 heavy (non-hydrogen) atoms. The Morgan fingerprint density at radius 3 is 2.63 bits per heavy atom. The van der Waals surface area contributed by atoms with E-state index in [0.29, 0.717) is 5.92 Å². The van der Waals surface area contributed by atoms with Gasteiger partial charge in [0.2, 0.25) is 0 Å².